The quantitative estimate of drug-likeness (QED) is 0.413. The largest absolute Gasteiger partial charge is 0.480 e. The van der Waals surface area contributed by atoms with Gasteiger partial charge in [-0.1, -0.05) is 23.7 Å². The molecule has 9 heteroatoms. The first-order chi connectivity index (χ1) is 12.3. The summed E-state index contributed by atoms with van der Waals surface area (Å²) in [6, 6.07) is 9.72. The predicted molar refractivity (Wildman–Crippen MR) is 103 cm³/mol. The van der Waals surface area contributed by atoms with Gasteiger partial charge in [0.1, 0.15) is 10.8 Å². The standard InChI is InChI=1S/C17H15BrClN3O4/c1-10-3-6-16(13(18)7-10)26-11(2)17(23)21-20-9-12-4-5-14(19)15(8-12)22(24)25/h3-9,11H,1-2H3,(H,21,23)/b20-9+. The fraction of sp³-hybridized carbons (Fsp3) is 0.176. The van der Waals surface area contributed by atoms with Crippen LogP contribution >= 0.6 is 27.5 Å². The highest BCUT2D eigenvalue weighted by Crippen LogP contribution is 2.27. The van der Waals surface area contributed by atoms with E-state index in [4.69, 9.17) is 16.3 Å². The van der Waals surface area contributed by atoms with Crippen LogP contribution in [0, 0.1) is 17.0 Å². The smallest absolute Gasteiger partial charge is 0.288 e. The Morgan fingerprint density at radius 1 is 1.38 bits per heavy atom. The van der Waals surface area contributed by atoms with Gasteiger partial charge in [-0.15, -0.1) is 0 Å². The van der Waals surface area contributed by atoms with Gasteiger partial charge in [0.15, 0.2) is 6.10 Å². The second kappa shape index (κ2) is 8.77. The van der Waals surface area contributed by atoms with Crippen molar-refractivity contribution >= 4 is 45.3 Å². The fourth-order valence-corrected chi connectivity index (χ4v) is 2.73. The van der Waals surface area contributed by atoms with Gasteiger partial charge in [-0.05, 0) is 53.5 Å². The zero-order chi connectivity index (χ0) is 19.3. The summed E-state index contributed by atoms with van der Waals surface area (Å²) in [4.78, 5) is 22.3. The van der Waals surface area contributed by atoms with Crippen LogP contribution in [0.25, 0.3) is 0 Å². The van der Waals surface area contributed by atoms with Gasteiger partial charge in [0.2, 0.25) is 0 Å². The molecule has 7 nitrogen and oxygen atoms in total. The van der Waals surface area contributed by atoms with Gasteiger partial charge in [-0.25, -0.2) is 5.43 Å². The molecule has 0 aliphatic rings. The third kappa shape index (κ3) is 5.27. The van der Waals surface area contributed by atoms with Gasteiger partial charge < -0.3 is 4.74 Å². The third-order valence-electron chi connectivity index (χ3n) is 3.32. The molecular weight excluding hydrogens is 426 g/mol. The van der Waals surface area contributed by atoms with E-state index in [1.165, 1.54) is 18.3 Å². The SMILES string of the molecule is Cc1ccc(OC(C)C(=O)N/N=C/c2ccc(Cl)c([N+](=O)[O-])c2)c(Br)c1. The molecule has 0 fully saturated rings. The number of benzene rings is 2. The molecule has 26 heavy (non-hydrogen) atoms. The highest BCUT2D eigenvalue weighted by atomic mass is 79.9. The molecule has 0 saturated carbocycles. The summed E-state index contributed by atoms with van der Waals surface area (Å²) < 4.78 is 6.34. The van der Waals surface area contributed by atoms with Crippen LogP contribution < -0.4 is 10.2 Å². The second-order valence-electron chi connectivity index (χ2n) is 5.40. The van der Waals surface area contributed by atoms with E-state index in [0.29, 0.717) is 11.3 Å². The summed E-state index contributed by atoms with van der Waals surface area (Å²) in [6.07, 6.45) is 0.501. The van der Waals surface area contributed by atoms with Crippen LogP contribution in [-0.4, -0.2) is 23.1 Å². The van der Waals surface area contributed by atoms with E-state index in [0.717, 1.165) is 10.0 Å². The summed E-state index contributed by atoms with van der Waals surface area (Å²) in [7, 11) is 0. The Balaban J connectivity index is 1.98. The molecule has 1 N–H and O–H groups in total. The number of hydrogen-bond donors (Lipinski definition) is 1. The molecule has 0 aliphatic heterocycles. The first-order valence-electron chi connectivity index (χ1n) is 7.47. The molecule has 0 spiro atoms. The first kappa shape index (κ1) is 19.9. The minimum Gasteiger partial charge on any atom is -0.480 e. The summed E-state index contributed by atoms with van der Waals surface area (Å²) in [5.41, 5.74) is 3.58. The number of carbonyl (C=O) groups is 1. The molecule has 0 radical (unpaired) electrons. The molecule has 2 aromatic rings. The van der Waals surface area contributed by atoms with Crippen molar-refractivity contribution in [2.45, 2.75) is 20.0 Å². The number of nitrogens with one attached hydrogen (secondary N) is 1. The number of hydrazone groups is 1. The van der Waals surface area contributed by atoms with Crippen molar-refractivity contribution in [2.24, 2.45) is 5.10 Å². The molecule has 1 unspecified atom stereocenters. The van der Waals surface area contributed by atoms with Crippen LogP contribution in [0.4, 0.5) is 5.69 Å². The van der Waals surface area contributed by atoms with Crippen LogP contribution in [0.1, 0.15) is 18.1 Å². The number of carbonyl (C=O) groups excluding carboxylic acids is 1. The molecule has 136 valence electrons. The van der Waals surface area contributed by atoms with Crippen molar-refractivity contribution in [3.63, 3.8) is 0 Å². The molecule has 0 aliphatic carbocycles. The number of amides is 1. The topological polar surface area (TPSA) is 93.8 Å². The van der Waals surface area contributed by atoms with Crippen molar-refractivity contribution in [2.75, 3.05) is 0 Å². The molecule has 0 heterocycles. The zero-order valence-electron chi connectivity index (χ0n) is 13.9. The van der Waals surface area contributed by atoms with Gasteiger partial charge in [0, 0.05) is 11.6 Å². The number of hydrogen-bond acceptors (Lipinski definition) is 5. The Hall–Kier alpha value is -2.45. The van der Waals surface area contributed by atoms with Crippen molar-refractivity contribution in [3.05, 3.63) is 67.1 Å². The van der Waals surface area contributed by atoms with Crippen LogP contribution in [0.3, 0.4) is 0 Å². The summed E-state index contributed by atoms with van der Waals surface area (Å²) in [5, 5.41) is 14.7. The van der Waals surface area contributed by atoms with Gasteiger partial charge in [0.25, 0.3) is 11.6 Å². The average Bonchev–Trinajstić information content (AvgIpc) is 2.58. The minimum absolute atomic E-state index is 0.0295. The number of ether oxygens (including phenoxy) is 1. The third-order valence-corrected chi connectivity index (χ3v) is 4.25. The molecule has 2 aromatic carbocycles. The highest BCUT2D eigenvalue weighted by Gasteiger charge is 2.16. The molecular formula is C17H15BrClN3O4. The van der Waals surface area contributed by atoms with Gasteiger partial charge >= 0.3 is 0 Å². The molecule has 0 bridgehead atoms. The van der Waals surface area contributed by atoms with Crippen molar-refractivity contribution in [1.29, 1.82) is 0 Å². The lowest BCUT2D eigenvalue weighted by molar-refractivity contribution is -0.384. The van der Waals surface area contributed by atoms with E-state index in [1.54, 1.807) is 19.1 Å². The van der Waals surface area contributed by atoms with Gasteiger partial charge in [0.05, 0.1) is 15.6 Å². The number of halogens is 2. The maximum atomic E-state index is 12.1. The van der Waals surface area contributed by atoms with E-state index in [1.807, 2.05) is 19.1 Å². The zero-order valence-corrected chi connectivity index (χ0v) is 16.2. The Bertz CT molecular complexity index is 873. The normalized spacial score (nSPS) is 12.0. The number of aryl methyl sites for hydroxylation is 1. The lowest BCUT2D eigenvalue weighted by Crippen LogP contribution is -2.33. The molecule has 0 aromatic heterocycles. The van der Waals surface area contributed by atoms with Crippen LogP contribution in [0.15, 0.2) is 46.0 Å². The van der Waals surface area contributed by atoms with E-state index < -0.39 is 16.9 Å². The Morgan fingerprint density at radius 3 is 2.77 bits per heavy atom. The van der Waals surface area contributed by atoms with Crippen LogP contribution in [-0.2, 0) is 4.79 Å². The maximum Gasteiger partial charge on any atom is 0.288 e. The Kier molecular flexibility index (Phi) is 6.70. The highest BCUT2D eigenvalue weighted by molar-refractivity contribution is 9.10. The average molecular weight is 441 g/mol. The van der Waals surface area contributed by atoms with E-state index in [-0.39, 0.29) is 10.7 Å². The van der Waals surface area contributed by atoms with Crippen LogP contribution in [0.5, 0.6) is 5.75 Å². The lowest BCUT2D eigenvalue weighted by Gasteiger charge is -2.14. The molecule has 0 saturated heterocycles. The summed E-state index contributed by atoms with van der Waals surface area (Å²) in [6.45, 7) is 3.53. The fourth-order valence-electron chi connectivity index (χ4n) is 1.96. The van der Waals surface area contributed by atoms with E-state index in [2.05, 4.69) is 26.5 Å². The summed E-state index contributed by atoms with van der Waals surface area (Å²) >= 11 is 9.12. The first-order valence-corrected chi connectivity index (χ1v) is 8.64. The lowest BCUT2D eigenvalue weighted by atomic mass is 10.2. The van der Waals surface area contributed by atoms with Crippen molar-refractivity contribution in [3.8, 4) is 5.75 Å². The van der Waals surface area contributed by atoms with Crippen LogP contribution in [0.2, 0.25) is 5.02 Å². The Morgan fingerprint density at radius 2 is 2.12 bits per heavy atom. The van der Waals surface area contributed by atoms with Crippen molar-refractivity contribution < 1.29 is 14.5 Å². The molecule has 1 atom stereocenters. The Labute approximate surface area is 163 Å². The summed E-state index contributed by atoms with van der Waals surface area (Å²) in [5.74, 6) is 0.0766. The van der Waals surface area contributed by atoms with E-state index >= 15 is 0 Å². The predicted octanol–water partition coefficient (Wildman–Crippen LogP) is 4.24. The van der Waals surface area contributed by atoms with E-state index in [9.17, 15) is 14.9 Å². The minimum atomic E-state index is -0.786. The van der Waals surface area contributed by atoms with Gasteiger partial charge in [-0.3, -0.25) is 14.9 Å². The maximum absolute atomic E-state index is 12.1. The number of nitro benzene ring substituents is 1. The number of nitro groups is 1. The number of rotatable bonds is 6. The van der Waals surface area contributed by atoms with Gasteiger partial charge in [-0.2, -0.15) is 5.10 Å². The monoisotopic (exact) mass is 439 g/mol. The molecule has 1 amide bonds. The number of nitrogens with zero attached hydrogens (tertiary/aromatic N) is 2. The second-order valence-corrected chi connectivity index (χ2v) is 6.66. The molecule has 2 rings (SSSR count). The van der Waals surface area contributed by atoms with Crippen molar-refractivity contribution in [1.82, 2.24) is 5.43 Å².